The van der Waals surface area contributed by atoms with Crippen LogP contribution in [0.3, 0.4) is 0 Å². The molecule has 0 aliphatic heterocycles. The molecule has 4 heteroatoms. The lowest BCUT2D eigenvalue weighted by Crippen LogP contribution is -2.15. The van der Waals surface area contributed by atoms with Crippen molar-refractivity contribution in [2.75, 3.05) is 14.2 Å². The molecule has 0 fully saturated rings. The van der Waals surface area contributed by atoms with Crippen LogP contribution >= 0.6 is 15.9 Å². The molecule has 2 aromatic carbocycles. The minimum Gasteiger partial charge on any atom is -0.496 e. The van der Waals surface area contributed by atoms with Crippen LogP contribution in [0, 0.1) is 13.8 Å². The van der Waals surface area contributed by atoms with Gasteiger partial charge in [0.05, 0.1) is 25.8 Å². The second-order valence-corrected chi connectivity index (χ2v) is 5.82. The summed E-state index contributed by atoms with van der Waals surface area (Å²) in [4.78, 5) is 0. The normalized spacial score (nSPS) is 12.1. The van der Waals surface area contributed by atoms with Gasteiger partial charge in [-0.1, -0.05) is 34.1 Å². The van der Waals surface area contributed by atoms with Gasteiger partial charge in [0.2, 0.25) is 0 Å². The SMILES string of the molecule is COc1cccc(OC)c1C(N)c1cc(C)c(Br)c(C)c1. The molecule has 2 rings (SSSR count). The summed E-state index contributed by atoms with van der Waals surface area (Å²) in [7, 11) is 3.28. The van der Waals surface area contributed by atoms with Crippen LogP contribution in [0.1, 0.15) is 28.3 Å². The maximum absolute atomic E-state index is 6.48. The quantitative estimate of drug-likeness (QED) is 0.902. The number of hydrogen-bond donors (Lipinski definition) is 1. The molecule has 112 valence electrons. The number of halogens is 1. The van der Waals surface area contributed by atoms with Crippen molar-refractivity contribution in [3.8, 4) is 11.5 Å². The predicted octanol–water partition coefficient (Wildman–Crippen LogP) is 4.13. The molecule has 0 aliphatic rings. The highest BCUT2D eigenvalue weighted by Crippen LogP contribution is 2.37. The molecule has 0 radical (unpaired) electrons. The predicted molar refractivity (Wildman–Crippen MR) is 89.2 cm³/mol. The first kappa shape index (κ1) is 15.9. The molecular weight excluding hydrogens is 330 g/mol. The highest BCUT2D eigenvalue weighted by atomic mass is 79.9. The van der Waals surface area contributed by atoms with E-state index in [1.807, 2.05) is 18.2 Å². The summed E-state index contributed by atoms with van der Waals surface area (Å²) in [6.07, 6.45) is 0. The Morgan fingerprint density at radius 3 is 1.90 bits per heavy atom. The molecule has 21 heavy (non-hydrogen) atoms. The van der Waals surface area contributed by atoms with Crippen LogP contribution in [0.5, 0.6) is 11.5 Å². The molecule has 3 nitrogen and oxygen atoms in total. The Labute approximate surface area is 134 Å². The van der Waals surface area contributed by atoms with Crippen molar-refractivity contribution in [3.63, 3.8) is 0 Å². The van der Waals surface area contributed by atoms with Crippen molar-refractivity contribution >= 4 is 15.9 Å². The number of benzene rings is 2. The van der Waals surface area contributed by atoms with Gasteiger partial charge < -0.3 is 15.2 Å². The number of aryl methyl sites for hydroxylation is 2. The van der Waals surface area contributed by atoms with Gasteiger partial charge in [-0.05, 0) is 42.7 Å². The van der Waals surface area contributed by atoms with Gasteiger partial charge in [-0.3, -0.25) is 0 Å². The number of ether oxygens (including phenoxy) is 2. The molecule has 0 bridgehead atoms. The Morgan fingerprint density at radius 1 is 1.00 bits per heavy atom. The monoisotopic (exact) mass is 349 g/mol. The molecule has 0 aromatic heterocycles. The van der Waals surface area contributed by atoms with Crippen LogP contribution in [-0.4, -0.2) is 14.2 Å². The Bertz CT molecular complexity index is 610. The van der Waals surface area contributed by atoms with Crippen LogP contribution < -0.4 is 15.2 Å². The summed E-state index contributed by atoms with van der Waals surface area (Å²) in [6.45, 7) is 4.12. The highest BCUT2D eigenvalue weighted by Gasteiger charge is 2.20. The van der Waals surface area contributed by atoms with Crippen molar-refractivity contribution in [2.45, 2.75) is 19.9 Å². The molecule has 2 aromatic rings. The first-order valence-corrected chi connectivity index (χ1v) is 7.52. The second kappa shape index (κ2) is 6.50. The Balaban J connectivity index is 2.57. The van der Waals surface area contributed by atoms with E-state index in [0.717, 1.165) is 38.2 Å². The van der Waals surface area contributed by atoms with Gasteiger partial charge in [0.25, 0.3) is 0 Å². The van der Waals surface area contributed by atoms with E-state index in [4.69, 9.17) is 15.2 Å². The summed E-state index contributed by atoms with van der Waals surface area (Å²) in [6, 6.07) is 9.57. The molecule has 0 aliphatic carbocycles. The fraction of sp³-hybridized carbons (Fsp3) is 0.294. The Hall–Kier alpha value is -1.52. The molecule has 0 heterocycles. The second-order valence-electron chi connectivity index (χ2n) is 5.02. The number of methoxy groups -OCH3 is 2. The number of hydrogen-bond acceptors (Lipinski definition) is 3. The van der Waals surface area contributed by atoms with E-state index in [0.29, 0.717) is 0 Å². The zero-order valence-electron chi connectivity index (χ0n) is 12.7. The van der Waals surface area contributed by atoms with Crippen molar-refractivity contribution in [1.29, 1.82) is 0 Å². The first-order valence-electron chi connectivity index (χ1n) is 6.72. The van der Waals surface area contributed by atoms with Gasteiger partial charge in [-0.25, -0.2) is 0 Å². The van der Waals surface area contributed by atoms with E-state index in [9.17, 15) is 0 Å². The lowest BCUT2D eigenvalue weighted by atomic mass is 9.95. The molecule has 0 amide bonds. The van der Waals surface area contributed by atoms with Gasteiger partial charge in [-0.15, -0.1) is 0 Å². The van der Waals surface area contributed by atoms with Crippen LogP contribution in [0.25, 0.3) is 0 Å². The number of rotatable bonds is 4. The van der Waals surface area contributed by atoms with E-state index in [2.05, 4.69) is 41.9 Å². The molecule has 2 N–H and O–H groups in total. The average molecular weight is 350 g/mol. The van der Waals surface area contributed by atoms with Crippen LogP contribution in [0.2, 0.25) is 0 Å². The summed E-state index contributed by atoms with van der Waals surface area (Å²) < 4.78 is 12.0. The van der Waals surface area contributed by atoms with Gasteiger partial charge in [0, 0.05) is 4.47 Å². The zero-order valence-corrected chi connectivity index (χ0v) is 14.3. The molecule has 0 spiro atoms. The van der Waals surface area contributed by atoms with Gasteiger partial charge in [-0.2, -0.15) is 0 Å². The third-order valence-corrected chi connectivity index (χ3v) is 4.85. The van der Waals surface area contributed by atoms with Crippen LogP contribution in [0.15, 0.2) is 34.8 Å². The fourth-order valence-corrected chi connectivity index (χ4v) is 2.74. The minimum absolute atomic E-state index is 0.304. The van der Waals surface area contributed by atoms with Crippen molar-refractivity contribution in [1.82, 2.24) is 0 Å². The Morgan fingerprint density at radius 2 is 1.48 bits per heavy atom. The van der Waals surface area contributed by atoms with Gasteiger partial charge in [0.1, 0.15) is 11.5 Å². The highest BCUT2D eigenvalue weighted by molar-refractivity contribution is 9.10. The maximum atomic E-state index is 6.48. The smallest absolute Gasteiger partial charge is 0.127 e. The summed E-state index contributed by atoms with van der Waals surface area (Å²) in [5, 5.41) is 0. The van der Waals surface area contributed by atoms with Crippen molar-refractivity contribution in [3.05, 3.63) is 57.1 Å². The Kier molecular flexibility index (Phi) is 4.91. The van der Waals surface area contributed by atoms with E-state index in [-0.39, 0.29) is 6.04 Å². The van der Waals surface area contributed by atoms with E-state index >= 15 is 0 Å². The van der Waals surface area contributed by atoms with Gasteiger partial charge in [0.15, 0.2) is 0 Å². The van der Waals surface area contributed by atoms with E-state index < -0.39 is 0 Å². The topological polar surface area (TPSA) is 44.5 Å². The summed E-state index contributed by atoms with van der Waals surface area (Å²) in [5.41, 5.74) is 10.7. The average Bonchev–Trinajstić information content (AvgIpc) is 2.50. The molecule has 0 saturated heterocycles. The van der Waals surface area contributed by atoms with E-state index in [1.54, 1.807) is 14.2 Å². The molecule has 0 saturated carbocycles. The first-order chi connectivity index (χ1) is 9.99. The number of nitrogens with two attached hydrogens (primary N) is 1. The maximum Gasteiger partial charge on any atom is 0.127 e. The van der Waals surface area contributed by atoms with Crippen LogP contribution in [-0.2, 0) is 0 Å². The lowest BCUT2D eigenvalue weighted by molar-refractivity contribution is 0.382. The lowest BCUT2D eigenvalue weighted by Gasteiger charge is -2.20. The summed E-state index contributed by atoms with van der Waals surface area (Å²) in [5.74, 6) is 1.47. The van der Waals surface area contributed by atoms with Crippen molar-refractivity contribution in [2.24, 2.45) is 5.73 Å². The van der Waals surface area contributed by atoms with Crippen molar-refractivity contribution < 1.29 is 9.47 Å². The third kappa shape index (κ3) is 3.06. The fourth-order valence-electron chi connectivity index (χ4n) is 2.51. The van der Waals surface area contributed by atoms with Crippen LogP contribution in [0.4, 0.5) is 0 Å². The zero-order chi connectivity index (χ0) is 15.6. The minimum atomic E-state index is -0.304. The molecular formula is C17H20BrNO2. The standard InChI is InChI=1S/C17H20BrNO2/c1-10-8-12(9-11(2)16(10)18)17(19)15-13(20-3)6-5-7-14(15)21-4/h5-9,17H,19H2,1-4H3. The summed E-state index contributed by atoms with van der Waals surface area (Å²) >= 11 is 3.58. The van der Waals surface area contributed by atoms with E-state index in [1.165, 1.54) is 0 Å². The third-order valence-electron chi connectivity index (χ3n) is 3.59. The molecule has 1 unspecified atom stereocenters. The largest absolute Gasteiger partial charge is 0.496 e. The molecule has 1 atom stereocenters. The van der Waals surface area contributed by atoms with Gasteiger partial charge >= 0.3 is 0 Å².